The van der Waals surface area contributed by atoms with Crippen molar-refractivity contribution in [2.45, 2.75) is 13.2 Å². The van der Waals surface area contributed by atoms with Gasteiger partial charge in [0, 0.05) is 5.56 Å². The maximum atomic E-state index is 9.64. The van der Waals surface area contributed by atoms with E-state index in [0.717, 1.165) is 5.56 Å². The number of hydrogen-bond donors (Lipinski definition) is 3. The number of phenols is 1. The summed E-state index contributed by atoms with van der Waals surface area (Å²) in [6.07, 6.45) is -1.61. The van der Waals surface area contributed by atoms with Gasteiger partial charge in [0.2, 0.25) is 0 Å². The number of phenolic OH excluding ortho intramolecular Hbond substituents is 1. The average molecular weight is 258 g/mol. The summed E-state index contributed by atoms with van der Waals surface area (Å²) in [5.74, 6) is 0.0244. The zero-order valence-electron chi connectivity index (χ0n) is 10.4. The van der Waals surface area contributed by atoms with Crippen LogP contribution in [0.15, 0.2) is 52.7 Å². The normalized spacial score (nSPS) is 11.4. The molecule has 3 N–H and O–H groups in total. The van der Waals surface area contributed by atoms with Crippen LogP contribution in [0.25, 0.3) is 0 Å². The Hall–Kier alpha value is -2.24. The van der Waals surface area contributed by atoms with Gasteiger partial charge in [-0.1, -0.05) is 24.3 Å². The van der Waals surface area contributed by atoms with E-state index in [1.807, 2.05) is 6.92 Å². The molecule has 0 atom stereocenters. The van der Waals surface area contributed by atoms with Crippen LogP contribution in [0.1, 0.15) is 17.4 Å². The Balaban J connectivity index is 2.35. The number of aryl methyl sites for hydroxylation is 1. The smallest absolute Gasteiger partial charge is 0.180 e. The van der Waals surface area contributed by atoms with Gasteiger partial charge >= 0.3 is 0 Å². The summed E-state index contributed by atoms with van der Waals surface area (Å²) in [4.78, 5) is 0. The minimum atomic E-state index is -1.61. The van der Waals surface area contributed by atoms with E-state index >= 15 is 0 Å². The van der Waals surface area contributed by atoms with Gasteiger partial charge < -0.3 is 15.3 Å². The van der Waals surface area contributed by atoms with Crippen molar-refractivity contribution in [2.75, 3.05) is 0 Å². The maximum Gasteiger partial charge on any atom is 0.180 e. The lowest BCUT2D eigenvalue weighted by Crippen LogP contribution is -1.94. The minimum Gasteiger partial charge on any atom is -0.506 e. The van der Waals surface area contributed by atoms with Crippen molar-refractivity contribution < 1.29 is 15.3 Å². The van der Waals surface area contributed by atoms with Gasteiger partial charge in [0.25, 0.3) is 0 Å². The third-order valence-corrected chi connectivity index (χ3v) is 2.61. The first-order chi connectivity index (χ1) is 9.08. The Morgan fingerprint density at radius 1 is 0.947 bits per heavy atom. The summed E-state index contributed by atoms with van der Waals surface area (Å²) in [7, 11) is 0. The van der Waals surface area contributed by atoms with E-state index < -0.39 is 6.29 Å². The van der Waals surface area contributed by atoms with Crippen molar-refractivity contribution in [1.82, 2.24) is 0 Å². The predicted octanol–water partition coefficient (Wildman–Crippen LogP) is 3.10. The molecule has 0 aliphatic rings. The molecule has 0 fully saturated rings. The second-order valence-corrected chi connectivity index (χ2v) is 4.12. The SMILES string of the molecule is Cc1ccc(O)c(N=Nc2ccccc2C(O)O)c1. The summed E-state index contributed by atoms with van der Waals surface area (Å²) in [6.45, 7) is 1.88. The van der Waals surface area contributed by atoms with E-state index in [0.29, 0.717) is 11.4 Å². The number of aromatic hydroxyl groups is 1. The van der Waals surface area contributed by atoms with Gasteiger partial charge in [-0.3, -0.25) is 0 Å². The molecule has 0 radical (unpaired) electrons. The highest BCUT2D eigenvalue weighted by Crippen LogP contribution is 2.30. The maximum absolute atomic E-state index is 9.64. The van der Waals surface area contributed by atoms with Crippen molar-refractivity contribution >= 4 is 11.4 Å². The number of azo groups is 1. The number of nitrogens with zero attached hydrogens (tertiary/aromatic N) is 2. The monoisotopic (exact) mass is 258 g/mol. The van der Waals surface area contributed by atoms with Crippen LogP contribution in [0.5, 0.6) is 5.75 Å². The Morgan fingerprint density at radius 2 is 1.63 bits per heavy atom. The van der Waals surface area contributed by atoms with Crippen molar-refractivity contribution in [3.8, 4) is 5.75 Å². The third-order valence-electron chi connectivity index (χ3n) is 2.61. The molecule has 98 valence electrons. The Kier molecular flexibility index (Phi) is 3.89. The van der Waals surface area contributed by atoms with Crippen LogP contribution < -0.4 is 0 Å². The molecule has 19 heavy (non-hydrogen) atoms. The lowest BCUT2D eigenvalue weighted by molar-refractivity contribution is -0.0420. The van der Waals surface area contributed by atoms with Crippen LogP contribution in [-0.4, -0.2) is 15.3 Å². The fourth-order valence-corrected chi connectivity index (χ4v) is 1.62. The minimum absolute atomic E-state index is 0.0244. The summed E-state index contributed by atoms with van der Waals surface area (Å²) >= 11 is 0. The van der Waals surface area contributed by atoms with E-state index in [2.05, 4.69) is 10.2 Å². The molecular formula is C14H14N2O3. The number of aliphatic hydroxyl groups excluding tert-OH is 1. The van der Waals surface area contributed by atoms with E-state index in [9.17, 15) is 15.3 Å². The molecule has 0 heterocycles. The quantitative estimate of drug-likeness (QED) is 0.584. The zero-order chi connectivity index (χ0) is 13.8. The van der Waals surface area contributed by atoms with Crippen LogP contribution >= 0.6 is 0 Å². The molecule has 0 amide bonds. The molecule has 2 aromatic rings. The van der Waals surface area contributed by atoms with Gasteiger partial charge in [0.1, 0.15) is 11.4 Å². The molecule has 0 bridgehead atoms. The third kappa shape index (κ3) is 3.15. The first-order valence-corrected chi connectivity index (χ1v) is 5.74. The topological polar surface area (TPSA) is 85.4 Å². The van der Waals surface area contributed by atoms with Gasteiger partial charge in [0.05, 0.1) is 5.69 Å². The second kappa shape index (κ2) is 5.60. The van der Waals surface area contributed by atoms with Gasteiger partial charge in [-0.15, -0.1) is 10.2 Å². The highest BCUT2D eigenvalue weighted by atomic mass is 16.5. The molecular weight excluding hydrogens is 244 g/mol. The van der Waals surface area contributed by atoms with Crippen molar-refractivity contribution in [3.05, 3.63) is 53.6 Å². The number of hydrogen-bond acceptors (Lipinski definition) is 5. The Labute approximate surface area is 110 Å². The van der Waals surface area contributed by atoms with E-state index in [1.54, 1.807) is 36.4 Å². The highest BCUT2D eigenvalue weighted by Gasteiger charge is 2.08. The Bertz CT molecular complexity index is 609. The molecule has 0 aromatic heterocycles. The van der Waals surface area contributed by atoms with Crippen molar-refractivity contribution in [3.63, 3.8) is 0 Å². The molecule has 0 spiro atoms. The molecule has 0 aliphatic carbocycles. The van der Waals surface area contributed by atoms with Gasteiger partial charge in [-0.25, -0.2) is 0 Å². The van der Waals surface area contributed by atoms with Gasteiger partial charge in [-0.2, -0.15) is 0 Å². The number of benzene rings is 2. The van der Waals surface area contributed by atoms with E-state index in [4.69, 9.17) is 0 Å². The van der Waals surface area contributed by atoms with E-state index in [1.165, 1.54) is 6.07 Å². The van der Waals surface area contributed by atoms with Crippen molar-refractivity contribution in [2.24, 2.45) is 10.2 Å². The predicted molar refractivity (Wildman–Crippen MR) is 70.6 cm³/mol. The fraction of sp³-hybridized carbons (Fsp3) is 0.143. The standard InChI is InChI=1S/C14H14N2O3/c1-9-6-7-13(17)12(8-9)16-15-11-5-3-2-4-10(11)14(18)19/h2-8,14,17-19H,1H3. The van der Waals surface area contributed by atoms with Crippen LogP contribution in [0.2, 0.25) is 0 Å². The average Bonchev–Trinajstić information content (AvgIpc) is 2.40. The fourth-order valence-electron chi connectivity index (χ4n) is 1.62. The zero-order valence-corrected chi connectivity index (χ0v) is 10.4. The Morgan fingerprint density at radius 3 is 2.37 bits per heavy atom. The van der Waals surface area contributed by atoms with Crippen molar-refractivity contribution in [1.29, 1.82) is 0 Å². The number of aliphatic hydroxyl groups is 2. The van der Waals surface area contributed by atoms with Gasteiger partial charge in [0.15, 0.2) is 6.29 Å². The number of rotatable bonds is 3. The molecule has 5 heteroatoms. The van der Waals surface area contributed by atoms with Crippen LogP contribution in [0, 0.1) is 6.92 Å². The first-order valence-electron chi connectivity index (χ1n) is 5.74. The lowest BCUT2D eigenvalue weighted by Gasteiger charge is -2.06. The summed E-state index contributed by atoms with van der Waals surface area (Å²) < 4.78 is 0. The molecule has 0 unspecified atom stereocenters. The summed E-state index contributed by atoms with van der Waals surface area (Å²) in [5, 5.41) is 35.9. The summed E-state index contributed by atoms with van der Waals surface area (Å²) in [5.41, 5.74) is 1.89. The summed E-state index contributed by atoms with van der Waals surface area (Å²) in [6, 6.07) is 11.6. The lowest BCUT2D eigenvalue weighted by atomic mass is 10.2. The van der Waals surface area contributed by atoms with E-state index in [-0.39, 0.29) is 11.3 Å². The highest BCUT2D eigenvalue weighted by molar-refractivity contribution is 5.53. The van der Waals surface area contributed by atoms with Crippen LogP contribution in [0.3, 0.4) is 0 Å². The van der Waals surface area contributed by atoms with Gasteiger partial charge in [-0.05, 0) is 30.7 Å². The molecule has 0 saturated heterocycles. The second-order valence-electron chi connectivity index (χ2n) is 4.12. The molecule has 0 saturated carbocycles. The molecule has 2 rings (SSSR count). The first kappa shape index (κ1) is 13.2. The van der Waals surface area contributed by atoms with Crippen LogP contribution in [0.4, 0.5) is 11.4 Å². The van der Waals surface area contributed by atoms with Crippen LogP contribution in [-0.2, 0) is 0 Å². The molecule has 5 nitrogen and oxygen atoms in total. The largest absolute Gasteiger partial charge is 0.506 e. The molecule has 0 aliphatic heterocycles. The molecule has 2 aromatic carbocycles.